The van der Waals surface area contributed by atoms with E-state index in [1.165, 1.54) is 0 Å². The third-order valence-electron chi connectivity index (χ3n) is 1.66. The van der Waals surface area contributed by atoms with Crippen molar-refractivity contribution in [3.63, 3.8) is 0 Å². The Morgan fingerprint density at radius 2 is 2.42 bits per heavy atom. The third kappa shape index (κ3) is 1.56. The fourth-order valence-corrected chi connectivity index (χ4v) is 0.906. The van der Waals surface area contributed by atoms with Crippen LogP contribution in [-0.4, -0.2) is 10.7 Å². The number of hydrogen-bond donors (Lipinski definition) is 2. The first kappa shape index (κ1) is 8.59. The molecule has 0 saturated carbocycles. The normalized spacial score (nSPS) is 11.7. The highest BCUT2D eigenvalue weighted by Crippen LogP contribution is 2.25. The summed E-state index contributed by atoms with van der Waals surface area (Å²) in [4.78, 5) is 7.18. The number of aromatic nitrogens is 1. The van der Waals surface area contributed by atoms with Crippen molar-refractivity contribution in [2.75, 3.05) is 5.73 Å². The summed E-state index contributed by atoms with van der Waals surface area (Å²) in [5, 5.41) is 0. The second-order valence-electron chi connectivity index (χ2n) is 2.69. The Balaban J connectivity index is 3.10. The minimum absolute atomic E-state index is 0.605. The number of allylic oxidation sites excluding steroid dienone is 1. The van der Waals surface area contributed by atoms with Crippen molar-refractivity contribution in [3.05, 3.63) is 24.4 Å². The second-order valence-corrected chi connectivity index (χ2v) is 2.69. The maximum absolute atomic E-state index is 5.65. The lowest BCUT2D eigenvalue weighted by Gasteiger charge is -1.94. The van der Waals surface area contributed by atoms with Gasteiger partial charge in [-0.1, -0.05) is 6.58 Å². The molecule has 64 valence electrons. The first-order valence-electron chi connectivity index (χ1n) is 3.76. The lowest BCUT2D eigenvalue weighted by molar-refractivity contribution is 1.39. The van der Waals surface area contributed by atoms with Gasteiger partial charge in [0.25, 0.3) is 0 Å². The van der Waals surface area contributed by atoms with Gasteiger partial charge in [0.2, 0.25) is 0 Å². The van der Waals surface area contributed by atoms with Crippen LogP contribution in [-0.2, 0) is 0 Å². The number of aliphatic imine (C=N–C) groups is 1. The minimum atomic E-state index is 0.605. The van der Waals surface area contributed by atoms with Crippen molar-refractivity contribution in [2.24, 2.45) is 4.99 Å². The van der Waals surface area contributed by atoms with E-state index in [0.29, 0.717) is 5.82 Å². The minimum Gasteiger partial charge on any atom is -0.383 e. The van der Waals surface area contributed by atoms with Crippen LogP contribution in [0.2, 0.25) is 0 Å². The van der Waals surface area contributed by atoms with E-state index in [2.05, 4.69) is 16.6 Å². The van der Waals surface area contributed by atoms with Crippen LogP contribution < -0.4 is 5.73 Å². The van der Waals surface area contributed by atoms with Crippen molar-refractivity contribution in [2.45, 2.75) is 13.8 Å². The Labute approximate surface area is 72.0 Å². The van der Waals surface area contributed by atoms with E-state index >= 15 is 0 Å². The molecule has 12 heavy (non-hydrogen) atoms. The highest BCUT2D eigenvalue weighted by molar-refractivity contribution is 5.95. The molecule has 0 aromatic carbocycles. The number of aryl methyl sites for hydroxylation is 1. The summed E-state index contributed by atoms with van der Waals surface area (Å²) in [6.45, 7) is 7.47. The number of anilines is 1. The molecule has 0 atom stereocenters. The van der Waals surface area contributed by atoms with Gasteiger partial charge in [-0.25, -0.2) is 4.99 Å². The monoisotopic (exact) mass is 163 g/mol. The van der Waals surface area contributed by atoms with E-state index in [4.69, 9.17) is 5.73 Å². The average molecular weight is 163 g/mol. The lowest BCUT2D eigenvalue weighted by atomic mass is 10.3. The Morgan fingerprint density at radius 1 is 1.75 bits per heavy atom. The van der Waals surface area contributed by atoms with Gasteiger partial charge in [0, 0.05) is 11.9 Å². The fraction of sp³-hybridized carbons (Fsp3) is 0.222. The SMILES string of the molecule is C=CC(C)=Nc1c(C)c[nH]c1N. The Hall–Kier alpha value is -1.51. The van der Waals surface area contributed by atoms with Crippen LogP contribution in [0.4, 0.5) is 11.5 Å². The molecule has 1 aromatic rings. The van der Waals surface area contributed by atoms with Crippen LogP contribution in [0.25, 0.3) is 0 Å². The van der Waals surface area contributed by atoms with Crippen LogP contribution in [0.1, 0.15) is 12.5 Å². The Kier molecular flexibility index (Phi) is 2.33. The highest BCUT2D eigenvalue weighted by atomic mass is 14.9. The number of H-pyrrole nitrogens is 1. The Morgan fingerprint density at radius 3 is 2.83 bits per heavy atom. The van der Waals surface area contributed by atoms with Crippen molar-refractivity contribution < 1.29 is 0 Å². The van der Waals surface area contributed by atoms with Gasteiger partial charge >= 0.3 is 0 Å². The molecule has 1 heterocycles. The third-order valence-corrected chi connectivity index (χ3v) is 1.66. The summed E-state index contributed by atoms with van der Waals surface area (Å²) in [5.41, 5.74) is 8.37. The van der Waals surface area contributed by atoms with E-state index in [0.717, 1.165) is 17.0 Å². The number of nitrogens with zero attached hydrogens (tertiary/aromatic N) is 1. The molecule has 0 aliphatic carbocycles. The number of rotatable bonds is 2. The summed E-state index contributed by atoms with van der Waals surface area (Å²) in [6.07, 6.45) is 3.54. The molecular formula is C9H13N3. The molecule has 0 aliphatic heterocycles. The first-order chi connectivity index (χ1) is 5.65. The van der Waals surface area contributed by atoms with Crippen molar-refractivity contribution in [1.82, 2.24) is 4.98 Å². The van der Waals surface area contributed by atoms with Gasteiger partial charge < -0.3 is 10.7 Å². The standard InChI is InChI=1S/C9H13N3/c1-4-7(3)12-8-6(2)5-11-9(8)10/h4-5,11H,1,10H2,2-3H3. The quantitative estimate of drug-likeness (QED) is 0.645. The zero-order chi connectivity index (χ0) is 9.14. The number of nitrogen functional groups attached to an aromatic ring is 1. The predicted octanol–water partition coefficient (Wildman–Crippen LogP) is 2.18. The van der Waals surface area contributed by atoms with E-state index < -0.39 is 0 Å². The van der Waals surface area contributed by atoms with Crippen LogP contribution >= 0.6 is 0 Å². The van der Waals surface area contributed by atoms with Gasteiger partial charge in [-0.15, -0.1) is 0 Å². The van der Waals surface area contributed by atoms with E-state index in [9.17, 15) is 0 Å². The molecule has 0 bridgehead atoms. The fourth-order valence-electron chi connectivity index (χ4n) is 0.906. The smallest absolute Gasteiger partial charge is 0.127 e. The first-order valence-corrected chi connectivity index (χ1v) is 3.76. The Bertz CT molecular complexity index is 301. The summed E-state index contributed by atoms with van der Waals surface area (Å²) in [6, 6.07) is 0. The number of aromatic amines is 1. The number of nitrogens with two attached hydrogens (primary N) is 1. The van der Waals surface area contributed by atoms with Crippen molar-refractivity contribution in [3.8, 4) is 0 Å². The summed E-state index contributed by atoms with van der Waals surface area (Å²) in [5.74, 6) is 0.605. The molecule has 3 N–H and O–H groups in total. The molecular weight excluding hydrogens is 150 g/mol. The molecule has 3 heteroatoms. The largest absolute Gasteiger partial charge is 0.383 e. The van der Waals surface area contributed by atoms with Crippen molar-refractivity contribution in [1.29, 1.82) is 0 Å². The zero-order valence-electron chi connectivity index (χ0n) is 7.39. The summed E-state index contributed by atoms with van der Waals surface area (Å²) >= 11 is 0. The van der Waals surface area contributed by atoms with E-state index in [-0.39, 0.29) is 0 Å². The lowest BCUT2D eigenvalue weighted by Crippen LogP contribution is -1.86. The molecule has 0 fully saturated rings. The molecule has 0 saturated heterocycles. The summed E-state index contributed by atoms with van der Waals surface area (Å²) in [7, 11) is 0. The van der Waals surface area contributed by atoms with Gasteiger partial charge in [0.15, 0.2) is 0 Å². The van der Waals surface area contributed by atoms with Crippen molar-refractivity contribution >= 4 is 17.2 Å². The highest BCUT2D eigenvalue weighted by Gasteiger charge is 2.02. The zero-order valence-corrected chi connectivity index (χ0v) is 7.39. The van der Waals surface area contributed by atoms with E-state index in [1.54, 1.807) is 6.08 Å². The van der Waals surface area contributed by atoms with Crippen LogP contribution in [0.15, 0.2) is 23.8 Å². The van der Waals surface area contributed by atoms with Crippen LogP contribution in [0.5, 0.6) is 0 Å². The summed E-state index contributed by atoms with van der Waals surface area (Å²) < 4.78 is 0. The van der Waals surface area contributed by atoms with Crippen LogP contribution in [0, 0.1) is 6.92 Å². The average Bonchev–Trinajstić information content (AvgIpc) is 2.35. The molecule has 0 aliphatic rings. The molecule has 0 radical (unpaired) electrons. The van der Waals surface area contributed by atoms with Crippen LogP contribution in [0.3, 0.4) is 0 Å². The van der Waals surface area contributed by atoms with Gasteiger partial charge in [-0.05, 0) is 25.5 Å². The van der Waals surface area contributed by atoms with Gasteiger partial charge in [0.05, 0.1) is 0 Å². The molecule has 0 spiro atoms. The van der Waals surface area contributed by atoms with Gasteiger partial charge in [0.1, 0.15) is 11.5 Å². The molecule has 0 unspecified atom stereocenters. The van der Waals surface area contributed by atoms with Gasteiger partial charge in [-0.3, -0.25) is 0 Å². The molecule has 1 rings (SSSR count). The molecule has 1 aromatic heterocycles. The molecule has 0 amide bonds. The topological polar surface area (TPSA) is 54.2 Å². The maximum Gasteiger partial charge on any atom is 0.127 e. The van der Waals surface area contributed by atoms with Gasteiger partial charge in [-0.2, -0.15) is 0 Å². The molecule has 3 nitrogen and oxygen atoms in total. The predicted molar refractivity (Wildman–Crippen MR) is 52.9 cm³/mol. The number of hydrogen-bond acceptors (Lipinski definition) is 2. The van der Waals surface area contributed by atoms with E-state index in [1.807, 2.05) is 20.0 Å². The second kappa shape index (κ2) is 3.26. The maximum atomic E-state index is 5.65. The number of nitrogens with one attached hydrogen (secondary N) is 1.